The maximum absolute atomic E-state index is 13.1. The predicted octanol–water partition coefficient (Wildman–Crippen LogP) is 4.23. The lowest BCUT2D eigenvalue weighted by molar-refractivity contribution is -0.137. The van der Waals surface area contributed by atoms with Crippen molar-refractivity contribution in [2.24, 2.45) is 0 Å². The van der Waals surface area contributed by atoms with Crippen molar-refractivity contribution in [3.05, 3.63) is 29.3 Å². The van der Waals surface area contributed by atoms with Crippen LogP contribution in [0, 0.1) is 0 Å². The van der Waals surface area contributed by atoms with Gasteiger partial charge in [0.2, 0.25) is 5.91 Å². The molecule has 1 saturated carbocycles. The number of carbonyl (C=O) groups is 3. The molecule has 3 N–H and O–H groups in total. The van der Waals surface area contributed by atoms with Gasteiger partial charge >= 0.3 is 12.3 Å². The molecule has 1 fully saturated rings. The molecule has 1 aromatic rings. The highest BCUT2D eigenvalue weighted by atomic mass is 19.4. The van der Waals surface area contributed by atoms with E-state index < -0.39 is 47.4 Å². The van der Waals surface area contributed by atoms with Crippen molar-refractivity contribution in [3.8, 4) is 0 Å². The minimum Gasteiger partial charge on any atom is -0.444 e. The van der Waals surface area contributed by atoms with Gasteiger partial charge in [-0.15, -0.1) is 0 Å². The van der Waals surface area contributed by atoms with Crippen molar-refractivity contribution in [1.29, 1.82) is 0 Å². The second kappa shape index (κ2) is 10.0. The number of amides is 3. The van der Waals surface area contributed by atoms with Gasteiger partial charge in [0.15, 0.2) is 0 Å². The fourth-order valence-corrected chi connectivity index (χ4v) is 3.21. The molecule has 172 valence electrons. The first-order valence-electron chi connectivity index (χ1n) is 10.1. The number of halogens is 3. The Bertz CT molecular complexity index is 813. The van der Waals surface area contributed by atoms with E-state index in [1.807, 2.05) is 0 Å². The first-order valence-corrected chi connectivity index (χ1v) is 10.1. The Labute approximate surface area is 179 Å². The van der Waals surface area contributed by atoms with E-state index in [1.165, 1.54) is 0 Å². The van der Waals surface area contributed by atoms with Crippen LogP contribution in [0.3, 0.4) is 0 Å². The number of carbonyl (C=O) groups excluding carboxylic acids is 3. The molecule has 0 unspecified atom stereocenters. The van der Waals surface area contributed by atoms with E-state index in [9.17, 15) is 27.6 Å². The number of hydrogen-bond acceptors (Lipinski definition) is 4. The van der Waals surface area contributed by atoms with Crippen molar-refractivity contribution in [2.45, 2.75) is 70.7 Å². The molecule has 0 aromatic heterocycles. The minimum absolute atomic E-state index is 0.0381. The van der Waals surface area contributed by atoms with Gasteiger partial charge in [-0.25, -0.2) is 4.79 Å². The summed E-state index contributed by atoms with van der Waals surface area (Å²) in [6, 6.07) is 2.39. The Kier molecular flexibility index (Phi) is 7.91. The van der Waals surface area contributed by atoms with Crippen LogP contribution in [0.1, 0.15) is 68.8 Å². The number of nitrogens with one attached hydrogen (secondary N) is 3. The van der Waals surface area contributed by atoms with E-state index in [0.717, 1.165) is 44.2 Å². The first-order chi connectivity index (χ1) is 14.3. The zero-order valence-corrected chi connectivity index (χ0v) is 17.8. The fraction of sp³-hybridized carbons (Fsp3) is 0.571. The summed E-state index contributed by atoms with van der Waals surface area (Å²) in [5.74, 6) is -1.34. The van der Waals surface area contributed by atoms with Gasteiger partial charge in [-0.3, -0.25) is 14.9 Å². The lowest BCUT2D eigenvalue weighted by Crippen LogP contribution is -2.42. The summed E-state index contributed by atoms with van der Waals surface area (Å²) in [5.41, 5.74) is -2.48. The van der Waals surface area contributed by atoms with Crippen LogP contribution in [0.4, 0.5) is 23.7 Å². The lowest BCUT2D eigenvalue weighted by atomic mass is 9.95. The van der Waals surface area contributed by atoms with Crippen molar-refractivity contribution in [3.63, 3.8) is 0 Å². The average Bonchev–Trinajstić information content (AvgIpc) is 2.64. The fourth-order valence-electron chi connectivity index (χ4n) is 3.21. The summed E-state index contributed by atoms with van der Waals surface area (Å²) in [7, 11) is 0. The van der Waals surface area contributed by atoms with E-state index in [2.05, 4.69) is 16.0 Å². The normalized spacial score (nSPS) is 15.2. The topological polar surface area (TPSA) is 96.5 Å². The van der Waals surface area contributed by atoms with Crippen LogP contribution < -0.4 is 16.0 Å². The monoisotopic (exact) mass is 443 g/mol. The van der Waals surface area contributed by atoms with Gasteiger partial charge in [0, 0.05) is 6.04 Å². The Morgan fingerprint density at radius 2 is 1.71 bits per heavy atom. The van der Waals surface area contributed by atoms with Gasteiger partial charge in [-0.1, -0.05) is 19.3 Å². The van der Waals surface area contributed by atoms with Gasteiger partial charge in [-0.2, -0.15) is 13.2 Å². The Balaban J connectivity index is 2.11. The summed E-state index contributed by atoms with van der Waals surface area (Å²) in [6.07, 6.45) is -0.739. The van der Waals surface area contributed by atoms with Crippen LogP contribution in [0.2, 0.25) is 0 Å². The van der Waals surface area contributed by atoms with Crippen molar-refractivity contribution >= 4 is 23.6 Å². The third kappa shape index (κ3) is 8.10. The van der Waals surface area contributed by atoms with E-state index in [-0.39, 0.29) is 11.7 Å². The second-order valence-corrected chi connectivity index (χ2v) is 8.47. The minimum atomic E-state index is -4.68. The first kappa shape index (κ1) is 24.5. The van der Waals surface area contributed by atoms with Gasteiger partial charge in [-0.05, 0) is 51.8 Å². The quantitative estimate of drug-likeness (QED) is 0.635. The highest BCUT2D eigenvalue weighted by molar-refractivity contribution is 6.04. The van der Waals surface area contributed by atoms with Crippen molar-refractivity contribution < 1.29 is 32.3 Å². The van der Waals surface area contributed by atoms with Crippen LogP contribution in [-0.4, -0.2) is 36.1 Å². The largest absolute Gasteiger partial charge is 0.444 e. The lowest BCUT2D eigenvalue weighted by Gasteiger charge is -2.23. The highest BCUT2D eigenvalue weighted by Crippen LogP contribution is 2.32. The molecule has 0 aliphatic heterocycles. The average molecular weight is 443 g/mol. The Hall–Kier alpha value is -2.78. The predicted molar refractivity (Wildman–Crippen MR) is 109 cm³/mol. The third-order valence-electron chi connectivity index (χ3n) is 4.61. The molecule has 1 aliphatic carbocycles. The van der Waals surface area contributed by atoms with Gasteiger partial charge in [0.1, 0.15) is 5.60 Å². The number of hydrogen-bond donors (Lipinski definition) is 3. The summed E-state index contributed by atoms with van der Waals surface area (Å²) >= 11 is 0. The zero-order chi connectivity index (χ0) is 23.2. The number of ether oxygens (including phenoxy) is 1. The summed E-state index contributed by atoms with van der Waals surface area (Å²) in [6.45, 7) is 4.48. The van der Waals surface area contributed by atoms with E-state index in [4.69, 9.17) is 4.74 Å². The van der Waals surface area contributed by atoms with Gasteiger partial charge in [0.25, 0.3) is 5.91 Å². The summed E-state index contributed by atoms with van der Waals surface area (Å²) in [4.78, 5) is 36.7. The molecule has 31 heavy (non-hydrogen) atoms. The standard InChI is InChI=1S/C21H28F3N3O4/c1-20(2,3)31-19(30)27-16-10-9-13(21(22,23)24)11-15(16)18(29)25-12-17(28)26-14-7-5-4-6-8-14/h9-11,14H,4-8,12H2,1-3H3,(H,25,29)(H,26,28)(H,27,30). The van der Waals surface area contributed by atoms with E-state index in [1.54, 1.807) is 20.8 Å². The van der Waals surface area contributed by atoms with E-state index >= 15 is 0 Å². The Morgan fingerprint density at radius 3 is 2.29 bits per heavy atom. The molecule has 1 aliphatic rings. The maximum Gasteiger partial charge on any atom is 0.416 e. The maximum atomic E-state index is 13.1. The smallest absolute Gasteiger partial charge is 0.416 e. The molecule has 2 rings (SSSR count). The van der Waals surface area contributed by atoms with Crippen LogP contribution in [0.15, 0.2) is 18.2 Å². The van der Waals surface area contributed by atoms with Crippen LogP contribution in [0.25, 0.3) is 0 Å². The summed E-state index contributed by atoms with van der Waals surface area (Å²) < 4.78 is 44.4. The van der Waals surface area contributed by atoms with Crippen molar-refractivity contribution in [1.82, 2.24) is 10.6 Å². The number of rotatable bonds is 5. The number of anilines is 1. The molecule has 0 spiro atoms. The van der Waals surface area contributed by atoms with Gasteiger partial charge < -0.3 is 15.4 Å². The van der Waals surface area contributed by atoms with Crippen molar-refractivity contribution in [2.75, 3.05) is 11.9 Å². The molecular formula is C21H28F3N3O4. The molecular weight excluding hydrogens is 415 g/mol. The van der Waals surface area contributed by atoms with E-state index in [0.29, 0.717) is 6.07 Å². The molecule has 0 heterocycles. The number of benzene rings is 1. The van der Waals surface area contributed by atoms with Crippen LogP contribution >= 0.6 is 0 Å². The highest BCUT2D eigenvalue weighted by Gasteiger charge is 2.32. The molecule has 0 atom stereocenters. The summed E-state index contributed by atoms with van der Waals surface area (Å²) in [5, 5.41) is 7.42. The van der Waals surface area contributed by atoms with Crippen LogP contribution in [-0.2, 0) is 15.7 Å². The SMILES string of the molecule is CC(C)(C)OC(=O)Nc1ccc(C(F)(F)F)cc1C(=O)NCC(=O)NC1CCCCC1. The van der Waals surface area contributed by atoms with Gasteiger partial charge in [0.05, 0.1) is 23.4 Å². The molecule has 0 radical (unpaired) electrons. The molecule has 7 nitrogen and oxygen atoms in total. The number of alkyl halides is 3. The third-order valence-corrected chi connectivity index (χ3v) is 4.61. The zero-order valence-electron chi connectivity index (χ0n) is 17.8. The molecule has 0 saturated heterocycles. The molecule has 0 bridgehead atoms. The second-order valence-electron chi connectivity index (χ2n) is 8.47. The molecule has 1 aromatic carbocycles. The molecule has 3 amide bonds. The molecule has 10 heteroatoms. The Morgan fingerprint density at radius 1 is 1.06 bits per heavy atom. The van der Waals surface area contributed by atoms with Crippen LogP contribution in [0.5, 0.6) is 0 Å².